The van der Waals surface area contributed by atoms with Crippen LogP contribution >= 0.6 is 11.8 Å². The minimum Gasteiger partial charge on any atom is -0.329 e. The van der Waals surface area contributed by atoms with Gasteiger partial charge in [-0.15, -0.1) is 5.10 Å². The lowest BCUT2D eigenvalue weighted by Gasteiger charge is -2.11. The number of tetrazole rings is 1. The number of hydrogen-bond acceptors (Lipinski definition) is 6. The molecule has 0 aliphatic rings. The minimum absolute atomic E-state index is 0.336. The third-order valence-corrected chi connectivity index (χ3v) is 3.04. The molecule has 2 N–H and O–H groups in total. The second-order valence-electron chi connectivity index (χ2n) is 3.63. The van der Waals surface area contributed by atoms with Gasteiger partial charge in [0.1, 0.15) is 6.54 Å². The van der Waals surface area contributed by atoms with Gasteiger partial charge in [0.25, 0.3) is 0 Å². The summed E-state index contributed by atoms with van der Waals surface area (Å²) in [7, 11) is 1.56. The Kier molecular flexibility index (Phi) is 5.30. The molecule has 3 amide bonds. The van der Waals surface area contributed by atoms with E-state index in [-0.39, 0.29) is 0 Å². The predicted octanol–water partition coefficient (Wildman–Crippen LogP) is 0.0788. The molecule has 0 unspecified atom stereocenters. The zero-order valence-electron chi connectivity index (χ0n) is 10.4. The number of amides is 3. The smallest absolute Gasteiger partial charge is 0.329 e. The number of nitrogens with one attached hydrogen (secondary N) is 2. The first-order valence-electron chi connectivity index (χ1n) is 5.23. The van der Waals surface area contributed by atoms with Gasteiger partial charge in [-0.05, 0) is 17.4 Å². The Morgan fingerprint density at radius 3 is 2.60 bits per heavy atom. The summed E-state index contributed by atoms with van der Waals surface area (Å²) in [6, 6.07) is -1.21. The van der Waals surface area contributed by atoms with E-state index in [4.69, 9.17) is 0 Å². The van der Waals surface area contributed by atoms with Crippen molar-refractivity contribution in [3.05, 3.63) is 0 Å². The highest BCUT2D eigenvalue weighted by atomic mass is 32.2. The van der Waals surface area contributed by atoms with Crippen molar-refractivity contribution in [3.8, 4) is 0 Å². The highest BCUT2D eigenvalue weighted by Gasteiger charge is 2.28. The molecule has 20 heavy (non-hydrogen) atoms. The summed E-state index contributed by atoms with van der Waals surface area (Å²) < 4.78 is 36.9. The van der Waals surface area contributed by atoms with Crippen molar-refractivity contribution < 1.29 is 22.8 Å². The van der Waals surface area contributed by atoms with E-state index in [1.54, 1.807) is 12.4 Å². The average Bonchev–Trinajstić information content (AvgIpc) is 2.71. The fraction of sp³-hybridized carbons (Fsp3) is 0.625. The van der Waals surface area contributed by atoms with Crippen LogP contribution in [0.4, 0.5) is 18.0 Å². The van der Waals surface area contributed by atoms with Crippen LogP contribution in [0.1, 0.15) is 6.92 Å². The molecule has 1 rings (SSSR count). The fourth-order valence-corrected chi connectivity index (χ4v) is 1.73. The number of urea groups is 1. The lowest BCUT2D eigenvalue weighted by molar-refractivity contribution is -0.124. The average molecular weight is 312 g/mol. The monoisotopic (exact) mass is 312 g/mol. The van der Waals surface area contributed by atoms with Crippen LogP contribution in [0.2, 0.25) is 0 Å². The normalized spacial score (nSPS) is 12.8. The quantitative estimate of drug-likeness (QED) is 0.763. The van der Waals surface area contributed by atoms with Gasteiger partial charge in [-0.1, -0.05) is 11.8 Å². The number of carbonyl (C=O) groups excluding carboxylic acids is 2. The van der Waals surface area contributed by atoms with Gasteiger partial charge in [0.2, 0.25) is 11.1 Å². The van der Waals surface area contributed by atoms with E-state index >= 15 is 0 Å². The third-order valence-electron chi connectivity index (χ3n) is 1.92. The van der Waals surface area contributed by atoms with Crippen LogP contribution in [0.5, 0.6) is 0 Å². The Hall–Kier alpha value is -1.85. The summed E-state index contributed by atoms with van der Waals surface area (Å²) in [4.78, 5) is 22.6. The number of hydrogen-bond donors (Lipinski definition) is 2. The molecule has 0 aliphatic heterocycles. The lowest BCUT2D eigenvalue weighted by atomic mass is 10.4. The van der Waals surface area contributed by atoms with Crippen molar-refractivity contribution in [2.45, 2.75) is 23.5 Å². The summed E-state index contributed by atoms with van der Waals surface area (Å²) in [6.45, 7) is -0.0490. The number of aryl methyl sites for hydroxylation is 1. The molecule has 1 aromatic rings. The maximum Gasteiger partial charge on any atom is 0.405 e. The molecule has 0 aromatic carbocycles. The molecule has 0 saturated heterocycles. The van der Waals surface area contributed by atoms with Crippen molar-refractivity contribution in [1.82, 2.24) is 30.8 Å². The molecule has 0 radical (unpaired) electrons. The SMILES string of the molecule is C[C@H](Sc1nnnn1C)C(=O)NC(=O)NCC(F)(F)F. The highest BCUT2D eigenvalue weighted by Crippen LogP contribution is 2.19. The first kappa shape index (κ1) is 16.2. The number of aromatic nitrogens is 4. The first-order valence-corrected chi connectivity index (χ1v) is 6.11. The standard InChI is InChI=1S/C8H11F3N6O2S/c1-4(20-7-14-15-16-17(7)2)5(18)13-6(19)12-3-8(9,10)11/h4H,3H2,1-2H3,(H2,12,13,18,19)/t4-/m0/s1. The molecule has 0 aliphatic carbocycles. The van der Waals surface area contributed by atoms with Gasteiger partial charge in [-0.25, -0.2) is 9.48 Å². The molecule has 112 valence electrons. The Balaban J connectivity index is 2.42. The van der Waals surface area contributed by atoms with Crippen molar-refractivity contribution >= 4 is 23.7 Å². The van der Waals surface area contributed by atoms with Gasteiger partial charge < -0.3 is 5.32 Å². The van der Waals surface area contributed by atoms with Crippen LogP contribution in [0.15, 0.2) is 5.16 Å². The van der Waals surface area contributed by atoms with Gasteiger partial charge in [-0.2, -0.15) is 13.2 Å². The van der Waals surface area contributed by atoms with Crippen molar-refractivity contribution in [3.63, 3.8) is 0 Å². The molecule has 0 spiro atoms. The van der Waals surface area contributed by atoms with Crippen LogP contribution in [-0.2, 0) is 11.8 Å². The second-order valence-corrected chi connectivity index (χ2v) is 4.94. The molecular formula is C8H11F3N6O2S. The van der Waals surface area contributed by atoms with E-state index in [2.05, 4.69) is 15.5 Å². The Bertz CT molecular complexity index is 491. The van der Waals surface area contributed by atoms with E-state index in [1.165, 1.54) is 16.9 Å². The van der Waals surface area contributed by atoms with Crippen LogP contribution in [0.3, 0.4) is 0 Å². The van der Waals surface area contributed by atoms with E-state index in [9.17, 15) is 22.8 Å². The van der Waals surface area contributed by atoms with Gasteiger partial charge in [0.15, 0.2) is 0 Å². The number of nitrogens with zero attached hydrogens (tertiary/aromatic N) is 4. The molecule has 0 bridgehead atoms. The Morgan fingerprint density at radius 2 is 2.10 bits per heavy atom. The summed E-state index contributed by atoms with van der Waals surface area (Å²) >= 11 is 0.963. The number of halogens is 3. The zero-order valence-corrected chi connectivity index (χ0v) is 11.2. The molecule has 0 fully saturated rings. The third kappa shape index (κ3) is 5.42. The Morgan fingerprint density at radius 1 is 1.45 bits per heavy atom. The minimum atomic E-state index is -4.54. The van der Waals surface area contributed by atoms with Crippen LogP contribution < -0.4 is 10.6 Å². The molecule has 1 atom stereocenters. The summed E-state index contributed by atoms with van der Waals surface area (Å²) in [5.74, 6) is -0.752. The van der Waals surface area contributed by atoms with E-state index in [1.807, 2.05) is 0 Å². The molecular weight excluding hydrogens is 301 g/mol. The maximum absolute atomic E-state index is 11.9. The lowest BCUT2D eigenvalue weighted by Crippen LogP contribution is -2.45. The van der Waals surface area contributed by atoms with Gasteiger partial charge in [0, 0.05) is 7.05 Å². The number of thioether (sulfide) groups is 1. The van der Waals surface area contributed by atoms with Gasteiger partial charge in [-0.3, -0.25) is 10.1 Å². The highest BCUT2D eigenvalue weighted by molar-refractivity contribution is 8.00. The predicted molar refractivity (Wildman–Crippen MR) is 61.7 cm³/mol. The van der Waals surface area contributed by atoms with Gasteiger partial charge >= 0.3 is 12.2 Å². The van der Waals surface area contributed by atoms with Crippen molar-refractivity contribution in [1.29, 1.82) is 0 Å². The van der Waals surface area contributed by atoms with Gasteiger partial charge in [0.05, 0.1) is 5.25 Å². The number of alkyl halides is 3. The van der Waals surface area contributed by atoms with E-state index < -0.39 is 29.9 Å². The maximum atomic E-state index is 11.9. The van der Waals surface area contributed by atoms with E-state index in [0.29, 0.717) is 5.16 Å². The molecule has 1 aromatic heterocycles. The first-order chi connectivity index (χ1) is 9.19. The largest absolute Gasteiger partial charge is 0.405 e. The zero-order chi connectivity index (χ0) is 15.3. The van der Waals surface area contributed by atoms with Crippen molar-refractivity contribution in [2.24, 2.45) is 7.05 Å². The second kappa shape index (κ2) is 6.54. The van der Waals surface area contributed by atoms with Crippen LogP contribution in [-0.4, -0.2) is 50.1 Å². The molecule has 1 heterocycles. The molecule has 12 heteroatoms. The van der Waals surface area contributed by atoms with Crippen LogP contribution in [0, 0.1) is 0 Å². The fourth-order valence-electron chi connectivity index (χ4n) is 0.971. The number of imide groups is 1. The summed E-state index contributed by atoms with van der Waals surface area (Å²) in [6.07, 6.45) is -4.54. The molecule has 0 saturated carbocycles. The van der Waals surface area contributed by atoms with Crippen LogP contribution in [0.25, 0.3) is 0 Å². The van der Waals surface area contributed by atoms with E-state index in [0.717, 1.165) is 11.8 Å². The number of rotatable bonds is 4. The summed E-state index contributed by atoms with van der Waals surface area (Å²) in [5, 5.41) is 13.4. The number of carbonyl (C=O) groups is 2. The Labute approximate surface area is 115 Å². The summed E-state index contributed by atoms with van der Waals surface area (Å²) in [5.41, 5.74) is 0. The van der Waals surface area contributed by atoms with Crippen molar-refractivity contribution in [2.75, 3.05) is 6.54 Å². The topological polar surface area (TPSA) is 102 Å². The molecule has 8 nitrogen and oxygen atoms in total.